The van der Waals surface area contributed by atoms with E-state index in [0.717, 1.165) is 39.4 Å². The lowest BCUT2D eigenvalue weighted by atomic mass is 9.92. The van der Waals surface area contributed by atoms with Gasteiger partial charge in [0.25, 0.3) is 0 Å². The average Bonchev–Trinajstić information content (AvgIpc) is 3.08. The van der Waals surface area contributed by atoms with E-state index >= 15 is 0 Å². The Kier molecular flexibility index (Phi) is 6.80. The number of ether oxygens (including phenoxy) is 2. The first kappa shape index (κ1) is 22.6. The molecule has 0 saturated heterocycles. The predicted molar refractivity (Wildman–Crippen MR) is 119 cm³/mol. The predicted octanol–water partition coefficient (Wildman–Crippen LogP) is 4.53. The van der Waals surface area contributed by atoms with Crippen LogP contribution in [0.1, 0.15) is 38.6 Å². The number of pyridine rings is 1. The molecule has 2 aromatic heterocycles. The van der Waals surface area contributed by atoms with Crippen molar-refractivity contribution in [1.29, 1.82) is 0 Å². The van der Waals surface area contributed by atoms with Crippen LogP contribution in [0.5, 0.6) is 5.75 Å². The van der Waals surface area contributed by atoms with Crippen LogP contribution in [0.4, 0.5) is 4.79 Å². The maximum absolute atomic E-state index is 10.9. The first-order valence-corrected chi connectivity index (χ1v) is 10.3. The molecular formula is C23H30N4O4. The maximum Gasteiger partial charge on any atom is 0.405 e. The number of benzene rings is 1. The van der Waals surface area contributed by atoms with Gasteiger partial charge in [0.1, 0.15) is 23.7 Å². The Hall–Kier alpha value is -3.13. The Labute approximate surface area is 182 Å². The van der Waals surface area contributed by atoms with Crippen molar-refractivity contribution in [2.24, 2.45) is 5.92 Å². The molecule has 1 atom stereocenters. The highest BCUT2D eigenvalue weighted by Gasteiger charge is 2.23. The number of methoxy groups -OCH3 is 1. The summed E-state index contributed by atoms with van der Waals surface area (Å²) in [6.45, 7) is 8.72. The molecule has 0 aliphatic rings. The molecular weight excluding hydrogens is 396 g/mol. The molecule has 3 N–H and O–H groups in total. The van der Waals surface area contributed by atoms with Gasteiger partial charge in [-0.15, -0.1) is 0 Å². The molecule has 0 aliphatic heterocycles. The Morgan fingerprint density at radius 1 is 1.32 bits per heavy atom. The van der Waals surface area contributed by atoms with Crippen molar-refractivity contribution >= 4 is 17.3 Å². The third-order valence-corrected chi connectivity index (χ3v) is 5.03. The molecule has 8 heteroatoms. The number of aromatic amines is 1. The van der Waals surface area contributed by atoms with Crippen LogP contribution in [-0.4, -0.2) is 45.4 Å². The van der Waals surface area contributed by atoms with Crippen LogP contribution in [0.2, 0.25) is 0 Å². The van der Waals surface area contributed by atoms with Crippen molar-refractivity contribution in [3.05, 3.63) is 41.9 Å². The van der Waals surface area contributed by atoms with Gasteiger partial charge < -0.3 is 24.9 Å². The standard InChI is InChI=1S/C23H30N4O4/c1-14(11-23(3,4)27-22(28)29)12-31-18-7-6-16(10-15(18)2)17-8-9-24-21-20(17)25-19(26-21)13-30-5/h6-10,14,27H,11-13H2,1-5H3,(H,28,29)(H,24,25,26)/t14-/m0/s1. The minimum Gasteiger partial charge on any atom is -0.493 e. The zero-order chi connectivity index (χ0) is 22.6. The maximum atomic E-state index is 10.9. The molecule has 2 heterocycles. The zero-order valence-electron chi connectivity index (χ0n) is 18.7. The van der Waals surface area contributed by atoms with Gasteiger partial charge in [0.2, 0.25) is 0 Å². The summed E-state index contributed by atoms with van der Waals surface area (Å²) in [4.78, 5) is 23.1. The Morgan fingerprint density at radius 2 is 2.10 bits per heavy atom. The fourth-order valence-electron chi connectivity index (χ4n) is 3.88. The third kappa shape index (κ3) is 5.73. The van der Waals surface area contributed by atoms with Crippen molar-refractivity contribution < 1.29 is 19.4 Å². The fraction of sp³-hybridized carbons (Fsp3) is 0.435. The topological polar surface area (TPSA) is 109 Å². The van der Waals surface area contributed by atoms with E-state index in [2.05, 4.69) is 33.3 Å². The lowest BCUT2D eigenvalue weighted by Crippen LogP contribution is -2.44. The van der Waals surface area contributed by atoms with E-state index in [9.17, 15) is 4.79 Å². The van der Waals surface area contributed by atoms with Gasteiger partial charge in [0.15, 0.2) is 5.65 Å². The van der Waals surface area contributed by atoms with Crippen LogP contribution >= 0.6 is 0 Å². The number of fused-ring (bicyclic) bond motifs is 1. The van der Waals surface area contributed by atoms with Gasteiger partial charge >= 0.3 is 6.09 Å². The molecule has 0 aliphatic carbocycles. The van der Waals surface area contributed by atoms with Gasteiger partial charge in [-0.05, 0) is 62.4 Å². The van der Waals surface area contributed by atoms with E-state index < -0.39 is 11.6 Å². The summed E-state index contributed by atoms with van der Waals surface area (Å²) < 4.78 is 11.2. The number of aromatic nitrogens is 3. The number of imidazole rings is 1. The minimum absolute atomic E-state index is 0.184. The second-order valence-electron chi connectivity index (χ2n) is 8.59. The molecule has 0 radical (unpaired) electrons. The largest absolute Gasteiger partial charge is 0.493 e. The zero-order valence-corrected chi connectivity index (χ0v) is 18.7. The van der Waals surface area contributed by atoms with E-state index in [1.165, 1.54) is 0 Å². The van der Waals surface area contributed by atoms with Crippen LogP contribution in [0.3, 0.4) is 0 Å². The number of nitrogens with one attached hydrogen (secondary N) is 2. The molecule has 3 rings (SSSR count). The molecule has 0 bridgehead atoms. The van der Waals surface area contributed by atoms with Crippen molar-refractivity contribution in [2.45, 2.75) is 46.3 Å². The van der Waals surface area contributed by atoms with Crippen LogP contribution in [-0.2, 0) is 11.3 Å². The van der Waals surface area contributed by atoms with Gasteiger partial charge in [-0.1, -0.05) is 13.0 Å². The fourth-order valence-corrected chi connectivity index (χ4v) is 3.88. The minimum atomic E-state index is -1.01. The Balaban J connectivity index is 1.72. The van der Waals surface area contributed by atoms with Crippen molar-refractivity contribution in [1.82, 2.24) is 20.3 Å². The number of amides is 1. The molecule has 0 fully saturated rings. The highest BCUT2D eigenvalue weighted by atomic mass is 16.5. The number of aryl methyl sites for hydroxylation is 1. The van der Waals surface area contributed by atoms with E-state index in [4.69, 9.17) is 14.6 Å². The number of carbonyl (C=O) groups is 1. The summed E-state index contributed by atoms with van der Waals surface area (Å²) in [6, 6.07) is 8.01. The molecule has 166 valence electrons. The number of nitrogens with zero attached hydrogens (tertiary/aromatic N) is 2. The summed E-state index contributed by atoms with van der Waals surface area (Å²) >= 11 is 0. The summed E-state index contributed by atoms with van der Waals surface area (Å²) in [5.74, 6) is 1.74. The lowest BCUT2D eigenvalue weighted by molar-refractivity contribution is 0.169. The van der Waals surface area contributed by atoms with Gasteiger partial charge in [0.05, 0.1) is 6.61 Å². The molecule has 3 aromatic rings. The molecule has 8 nitrogen and oxygen atoms in total. The first-order valence-electron chi connectivity index (χ1n) is 10.3. The summed E-state index contributed by atoms with van der Waals surface area (Å²) in [6.07, 6.45) is 1.43. The van der Waals surface area contributed by atoms with Crippen molar-refractivity contribution in [3.8, 4) is 16.9 Å². The average molecular weight is 427 g/mol. The molecule has 0 saturated carbocycles. The molecule has 1 amide bonds. The Bertz CT molecular complexity index is 1060. The highest BCUT2D eigenvalue weighted by Crippen LogP contribution is 2.30. The normalized spacial score (nSPS) is 12.7. The number of H-pyrrole nitrogens is 1. The molecule has 0 spiro atoms. The lowest BCUT2D eigenvalue weighted by Gasteiger charge is -2.28. The smallest absolute Gasteiger partial charge is 0.405 e. The molecule has 1 aromatic carbocycles. The van der Waals surface area contributed by atoms with Gasteiger partial charge in [-0.25, -0.2) is 14.8 Å². The monoisotopic (exact) mass is 426 g/mol. The second kappa shape index (κ2) is 9.34. The molecule has 0 unspecified atom stereocenters. The van der Waals surface area contributed by atoms with Gasteiger partial charge in [-0.2, -0.15) is 0 Å². The van der Waals surface area contributed by atoms with Gasteiger partial charge in [-0.3, -0.25) is 0 Å². The SMILES string of the molecule is COCc1nc2c(-c3ccc(OC[C@@H](C)CC(C)(C)NC(=O)O)c(C)c3)ccnc2[nH]1. The highest BCUT2D eigenvalue weighted by molar-refractivity contribution is 5.89. The van der Waals surface area contributed by atoms with Crippen molar-refractivity contribution in [3.63, 3.8) is 0 Å². The number of carboxylic acid groups (broad SMARTS) is 1. The van der Waals surface area contributed by atoms with Gasteiger partial charge in [0, 0.05) is 24.4 Å². The van der Waals surface area contributed by atoms with E-state index in [1.54, 1.807) is 13.3 Å². The third-order valence-electron chi connectivity index (χ3n) is 5.03. The Morgan fingerprint density at radius 3 is 2.77 bits per heavy atom. The van der Waals surface area contributed by atoms with E-state index in [0.29, 0.717) is 19.6 Å². The molecule has 31 heavy (non-hydrogen) atoms. The van der Waals surface area contributed by atoms with Crippen LogP contribution in [0.15, 0.2) is 30.5 Å². The summed E-state index contributed by atoms with van der Waals surface area (Å²) in [5, 5.41) is 11.5. The number of rotatable bonds is 9. The second-order valence-corrected chi connectivity index (χ2v) is 8.59. The van der Waals surface area contributed by atoms with Crippen LogP contribution < -0.4 is 10.1 Å². The summed E-state index contributed by atoms with van der Waals surface area (Å²) in [7, 11) is 1.63. The van der Waals surface area contributed by atoms with E-state index in [1.807, 2.05) is 39.0 Å². The van der Waals surface area contributed by atoms with Crippen LogP contribution in [0, 0.1) is 12.8 Å². The van der Waals surface area contributed by atoms with Crippen LogP contribution in [0.25, 0.3) is 22.3 Å². The van der Waals surface area contributed by atoms with Crippen molar-refractivity contribution in [2.75, 3.05) is 13.7 Å². The quantitative estimate of drug-likeness (QED) is 0.464. The number of hydrogen-bond acceptors (Lipinski definition) is 5. The van der Waals surface area contributed by atoms with E-state index in [-0.39, 0.29) is 5.92 Å². The number of hydrogen-bond donors (Lipinski definition) is 3. The first-order chi connectivity index (χ1) is 14.7. The summed E-state index contributed by atoms with van der Waals surface area (Å²) in [5.41, 5.74) is 4.08.